The molecule has 0 saturated heterocycles. The van der Waals surface area contributed by atoms with Crippen LogP contribution in [0.25, 0.3) is 5.57 Å². The van der Waals surface area contributed by atoms with E-state index >= 15 is 0 Å². The molecule has 0 aliphatic carbocycles. The number of carbonyl (C=O) groups excluding carboxylic acids is 2. The van der Waals surface area contributed by atoms with Crippen LogP contribution in [0.3, 0.4) is 0 Å². The predicted octanol–water partition coefficient (Wildman–Crippen LogP) is 3.34. The summed E-state index contributed by atoms with van der Waals surface area (Å²) in [5.74, 6) is -0.472. The van der Waals surface area contributed by atoms with Crippen molar-refractivity contribution in [2.75, 3.05) is 19.8 Å². The maximum atomic E-state index is 13.2. The summed E-state index contributed by atoms with van der Waals surface area (Å²) >= 11 is 5.65. The van der Waals surface area contributed by atoms with E-state index in [1.54, 1.807) is 13.8 Å². The number of hydroxylamine groups is 2. The van der Waals surface area contributed by atoms with Gasteiger partial charge in [0.05, 0.1) is 12.0 Å². The summed E-state index contributed by atoms with van der Waals surface area (Å²) in [5.41, 5.74) is 1.89. The summed E-state index contributed by atoms with van der Waals surface area (Å²) in [6.45, 7) is 7.23. The zero-order valence-electron chi connectivity index (χ0n) is 15.7. The SMILES string of the molecule is COCON1C(=O)C(c2c(C)cccc2C)=C(OC(=O)CCCl)C1(C)C. The van der Waals surface area contributed by atoms with Gasteiger partial charge in [0.25, 0.3) is 5.91 Å². The van der Waals surface area contributed by atoms with Crippen molar-refractivity contribution in [1.82, 2.24) is 5.06 Å². The molecular formula is C19H24ClNO5. The molecule has 7 heteroatoms. The minimum absolute atomic E-state index is 0.0499. The number of rotatable bonds is 7. The molecule has 0 fully saturated rings. The summed E-state index contributed by atoms with van der Waals surface area (Å²) in [4.78, 5) is 30.8. The van der Waals surface area contributed by atoms with Crippen molar-refractivity contribution in [3.8, 4) is 0 Å². The Morgan fingerprint density at radius 1 is 1.23 bits per heavy atom. The second-order valence-electron chi connectivity index (χ2n) is 6.58. The molecule has 0 bridgehead atoms. The van der Waals surface area contributed by atoms with Crippen LogP contribution in [0.1, 0.15) is 37.0 Å². The molecule has 1 amide bonds. The summed E-state index contributed by atoms with van der Waals surface area (Å²) < 4.78 is 10.5. The largest absolute Gasteiger partial charge is 0.428 e. The number of nitrogens with zero attached hydrogens (tertiary/aromatic N) is 1. The van der Waals surface area contributed by atoms with Gasteiger partial charge in [0.1, 0.15) is 11.3 Å². The molecule has 1 aliphatic heterocycles. The van der Waals surface area contributed by atoms with Crippen LogP contribution in [0.15, 0.2) is 24.0 Å². The van der Waals surface area contributed by atoms with E-state index in [9.17, 15) is 9.59 Å². The fraction of sp³-hybridized carbons (Fsp3) is 0.474. The smallest absolute Gasteiger partial charge is 0.312 e. The van der Waals surface area contributed by atoms with Crippen LogP contribution in [-0.2, 0) is 23.9 Å². The molecule has 6 nitrogen and oxygen atoms in total. The zero-order chi connectivity index (χ0) is 19.5. The first kappa shape index (κ1) is 20.4. The minimum Gasteiger partial charge on any atom is -0.428 e. The second-order valence-corrected chi connectivity index (χ2v) is 6.96. The Hall–Kier alpha value is -1.89. The van der Waals surface area contributed by atoms with Gasteiger partial charge in [-0.15, -0.1) is 11.6 Å². The number of hydrogen-bond acceptors (Lipinski definition) is 5. The van der Waals surface area contributed by atoms with Gasteiger partial charge in [0.15, 0.2) is 6.79 Å². The molecule has 1 heterocycles. The third-order valence-corrected chi connectivity index (χ3v) is 4.42. The van der Waals surface area contributed by atoms with Crippen molar-refractivity contribution in [3.63, 3.8) is 0 Å². The number of aryl methyl sites for hydroxylation is 2. The van der Waals surface area contributed by atoms with Gasteiger partial charge in [-0.1, -0.05) is 18.2 Å². The van der Waals surface area contributed by atoms with Gasteiger partial charge < -0.3 is 9.47 Å². The lowest BCUT2D eigenvalue weighted by Crippen LogP contribution is -2.44. The van der Waals surface area contributed by atoms with E-state index in [0.717, 1.165) is 16.7 Å². The molecule has 0 aromatic heterocycles. The fourth-order valence-electron chi connectivity index (χ4n) is 3.02. The van der Waals surface area contributed by atoms with Crippen LogP contribution in [0.5, 0.6) is 0 Å². The highest BCUT2D eigenvalue weighted by Crippen LogP contribution is 2.42. The Labute approximate surface area is 158 Å². The van der Waals surface area contributed by atoms with Crippen LogP contribution in [0, 0.1) is 13.8 Å². The van der Waals surface area contributed by atoms with Gasteiger partial charge in [0, 0.05) is 13.0 Å². The first-order valence-electron chi connectivity index (χ1n) is 8.30. The Morgan fingerprint density at radius 3 is 2.38 bits per heavy atom. The van der Waals surface area contributed by atoms with E-state index in [-0.39, 0.29) is 30.8 Å². The number of alkyl halides is 1. The number of ether oxygens (including phenoxy) is 2. The summed E-state index contributed by atoms with van der Waals surface area (Å²) in [5, 5.41) is 1.20. The summed E-state index contributed by atoms with van der Waals surface area (Å²) in [7, 11) is 1.47. The van der Waals surface area contributed by atoms with Crippen molar-refractivity contribution in [3.05, 3.63) is 40.6 Å². The van der Waals surface area contributed by atoms with E-state index in [1.807, 2.05) is 32.0 Å². The van der Waals surface area contributed by atoms with E-state index in [1.165, 1.54) is 12.2 Å². The highest BCUT2D eigenvalue weighted by Gasteiger charge is 2.50. The maximum absolute atomic E-state index is 13.2. The molecule has 142 valence electrons. The minimum atomic E-state index is -0.984. The predicted molar refractivity (Wildman–Crippen MR) is 98.2 cm³/mol. The Bertz CT molecular complexity index is 721. The van der Waals surface area contributed by atoms with E-state index in [2.05, 4.69) is 0 Å². The number of carbonyl (C=O) groups is 2. The van der Waals surface area contributed by atoms with Crippen molar-refractivity contribution < 1.29 is 23.9 Å². The number of methoxy groups -OCH3 is 1. The molecule has 0 spiro atoms. The van der Waals surface area contributed by atoms with Gasteiger partial charge in [-0.25, -0.2) is 9.90 Å². The third-order valence-electron chi connectivity index (χ3n) is 4.23. The Kier molecular flexibility index (Phi) is 6.44. The molecule has 1 aliphatic rings. The number of amides is 1. The van der Waals surface area contributed by atoms with Crippen LogP contribution in [0.4, 0.5) is 0 Å². The summed E-state index contributed by atoms with van der Waals surface area (Å²) in [6.07, 6.45) is 0.0499. The fourth-order valence-corrected chi connectivity index (χ4v) is 3.18. The van der Waals surface area contributed by atoms with Crippen LogP contribution >= 0.6 is 11.6 Å². The molecule has 0 atom stereocenters. The van der Waals surface area contributed by atoms with Crippen molar-refractivity contribution in [2.24, 2.45) is 0 Å². The van der Waals surface area contributed by atoms with Gasteiger partial charge in [-0.2, -0.15) is 0 Å². The molecule has 0 unspecified atom stereocenters. The van der Waals surface area contributed by atoms with Crippen LogP contribution < -0.4 is 0 Å². The van der Waals surface area contributed by atoms with Crippen LogP contribution in [-0.4, -0.2) is 42.3 Å². The van der Waals surface area contributed by atoms with Crippen LogP contribution in [0.2, 0.25) is 0 Å². The van der Waals surface area contributed by atoms with Crippen molar-refractivity contribution >= 4 is 29.1 Å². The van der Waals surface area contributed by atoms with Gasteiger partial charge in [-0.3, -0.25) is 9.59 Å². The first-order chi connectivity index (χ1) is 12.3. The lowest BCUT2D eigenvalue weighted by atomic mass is 9.93. The first-order valence-corrected chi connectivity index (χ1v) is 8.83. The highest BCUT2D eigenvalue weighted by atomic mass is 35.5. The topological polar surface area (TPSA) is 65.1 Å². The Balaban J connectivity index is 2.62. The van der Waals surface area contributed by atoms with Gasteiger partial charge in [0.2, 0.25) is 0 Å². The average molecular weight is 382 g/mol. The molecule has 26 heavy (non-hydrogen) atoms. The number of halogens is 1. The van der Waals surface area contributed by atoms with E-state index < -0.39 is 11.5 Å². The standard InChI is InChI=1S/C19H24ClNO5/c1-12-7-6-8-13(2)15(12)16-17(26-14(22)9-10-20)19(3,4)21(18(16)23)25-11-24-5/h6-8H,9-11H2,1-5H3. The molecule has 1 aromatic carbocycles. The lowest BCUT2D eigenvalue weighted by Gasteiger charge is -2.31. The maximum Gasteiger partial charge on any atom is 0.312 e. The molecule has 0 N–H and O–H groups in total. The second kappa shape index (κ2) is 8.20. The van der Waals surface area contributed by atoms with Crippen molar-refractivity contribution in [1.29, 1.82) is 0 Å². The Morgan fingerprint density at radius 2 is 1.85 bits per heavy atom. The molecular weight excluding hydrogens is 358 g/mol. The molecule has 2 rings (SSSR count). The van der Waals surface area contributed by atoms with Crippen molar-refractivity contribution in [2.45, 2.75) is 39.7 Å². The monoisotopic (exact) mass is 381 g/mol. The van der Waals surface area contributed by atoms with Gasteiger partial charge >= 0.3 is 5.97 Å². The highest BCUT2D eigenvalue weighted by molar-refractivity contribution is 6.23. The lowest BCUT2D eigenvalue weighted by molar-refractivity contribution is -0.239. The van der Waals surface area contributed by atoms with E-state index in [0.29, 0.717) is 5.57 Å². The van der Waals surface area contributed by atoms with E-state index in [4.69, 9.17) is 25.9 Å². The number of hydrogen-bond donors (Lipinski definition) is 0. The quantitative estimate of drug-likeness (QED) is 0.411. The summed E-state index contributed by atoms with van der Waals surface area (Å²) in [6, 6.07) is 5.73. The molecule has 0 saturated carbocycles. The normalized spacial score (nSPS) is 16.4. The molecule has 0 radical (unpaired) electrons. The number of benzene rings is 1. The number of esters is 1. The zero-order valence-corrected chi connectivity index (χ0v) is 16.5. The van der Waals surface area contributed by atoms with Gasteiger partial charge in [-0.05, 0) is 44.4 Å². The third kappa shape index (κ3) is 3.77. The average Bonchev–Trinajstić information content (AvgIpc) is 2.73. The molecule has 1 aromatic rings.